The minimum absolute atomic E-state index is 0.754. The number of hydrogen-bond acceptors (Lipinski definition) is 5. The number of nitrogens with one attached hydrogen (secondary N) is 2. The smallest absolute Gasteiger partial charge is 0.166 e. The standard InChI is InChI=1S/C18H22N4OS/c1-4-8-19-13-5-6-14-15(10-13)22-18(21-14)24-11-16-12(2)17(23-3)7-9-20-16/h5-7,9-10,19H,4,8,11H2,1-3H3,(H,21,22). The third-order valence-corrected chi connectivity index (χ3v) is 4.75. The molecule has 0 aliphatic heterocycles. The minimum atomic E-state index is 0.754. The molecule has 0 saturated heterocycles. The molecule has 2 heterocycles. The van der Waals surface area contributed by atoms with Crippen LogP contribution in [0.5, 0.6) is 5.75 Å². The van der Waals surface area contributed by atoms with Crippen LogP contribution in [0.2, 0.25) is 0 Å². The molecule has 2 aromatic heterocycles. The molecule has 0 aliphatic rings. The lowest BCUT2D eigenvalue weighted by Crippen LogP contribution is -1.98. The van der Waals surface area contributed by atoms with E-state index in [1.165, 1.54) is 0 Å². The first-order valence-electron chi connectivity index (χ1n) is 8.06. The van der Waals surface area contributed by atoms with Gasteiger partial charge in [0.15, 0.2) is 5.16 Å². The largest absolute Gasteiger partial charge is 0.496 e. The summed E-state index contributed by atoms with van der Waals surface area (Å²) in [5.74, 6) is 1.63. The first-order valence-corrected chi connectivity index (χ1v) is 9.04. The van der Waals surface area contributed by atoms with Crippen molar-refractivity contribution < 1.29 is 4.74 Å². The maximum atomic E-state index is 5.35. The molecule has 0 bridgehead atoms. The minimum Gasteiger partial charge on any atom is -0.496 e. The monoisotopic (exact) mass is 342 g/mol. The molecule has 0 atom stereocenters. The number of benzene rings is 1. The van der Waals surface area contributed by atoms with Gasteiger partial charge in [0.25, 0.3) is 0 Å². The van der Waals surface area contributed by atoms with Crippen molar-refractivity contribution in [1.29, 1.82) is 0 Å². The Morgan fingerprint density at radius 2 is 2.17 bits per heavy atom. The maximum absolute atomic E-state index is 5.35. The number of aromatic nitrogens is 3. The molecule has 1 aromatic carbocycles. The van der Waals surface area contributed by atoms with Crippen LogP contribution in [-0.4, -0.2) is 28.6 Å². The fourth-order valence-electron chi connectivity index (χ4n) is 2.50. The third-order valence-electron chi connectivity index (χ3n) is 3.86. The average molecular weight is 342 g/mol. The molecule has 6 heteroatoms. The molecular weight excluding hydrogens is 320 g/mol. The number of anilines is 1. The molecule has 0 amide bonds. The summed E-state index contributed by atoms with van der Waals surface area (Å²) >= 11 is 1.65. The van der Waals surface area contributed by atoms with E-state index in [1.807, 2.05) is 19.1 Å². The van der Waals surface area contributed by atoms with Crippen molar-refractivity contribution in [3.8, 4) is 5.75 Å². The third kappa shape index (κ3) is 3.64. The summed E-state index contributed by atoms with van der Waals surface area (Å²) in [4.78, 5) is 12.5. The fourth-order valence-corrected chi connectivity index (χ4v) is 3.41. The number of rotatable bonds is 7. The summed E-state index contributed by atoms with van der Waals surface area (Å²) in [6, 6.07) is 8.11. The van der Waals surface area contributed by atoms with E-state index in [9.17, 15) is 0 Å². The zero-order valence-electron chi connectivity index (χ0n) is 14.2. The van der Waals surface area contributed by atoms with E-state index in [-0.39, 0.29) is 0 Å². The van der Waals surface area contributed by atoms with Crippen LogP contribution in [0.3, 0.4) is 0 Å². The number of ether oxygens (including phenoxy) is 1. The number of methoxy groups -OCH3 is 1. The van der Waals surface area contributed by atoms with E-state index >= 15 is 0 Å². The summed E-state index contributed by atoms with van der Waals surface area (Å²) in [6.07, 6.45) is 2.89. The molecule has 24 heavy (non-hydrogen) atoms. The Morgan fingerprint density at radius 1 is 1.29 bits per heavy atom. The highest BCUT2D eigenvalue weighted by molar-refractivity contribution is 7.98. The Bertz CT molecular complexity index is 831. The highest BCUT2D eigenvalue weighted by Crippen LogP contribution is 2.27. The van der Waals surface area contributed by atoms with Crippen molar-refractivity contribution >= 4 is 28.5 Å². The van der Waals surface area contributed by atoms with Gasteiger partial charge in [0.05, 0.1) is 23.8 Å². The maximum Gasteiger partial charge on any atom is 0.166 e. The number of thioether (sulfide) groups is 1. The van der Waals surface area contributed by atoms with Gasteiger partial charge in [0, 0.05) is 29.7 Å². The van der Waals surface area contributed by atoms with Crippen LogP contribution in [-0.2, 0) is 5.75 Å². The van der Waals surface area contributed by atoms with E-state index in [2.05, 4.69) is 39.3 Å². The number of aromatic amines is 1. The predicted molar refractivity (Wildman–Crippen MR) is 100.0 cm³/mol. The van der Waals surface area contributed by atoms with Crippen molar-refractivity contribution in [3.05, 3.63) is 41.7 Å². The Morgan fingerprint density at radius 3 is 2.96 bits per heavy atom. The second kappa shape index (κ2) is 7.57. The lowest BCUT2D eigenvalue weighted by molar-refractivity contribution is 0.410. The molecule has 0 spiro atoms. The summed E-state index contributed by atoms with van der Waals surface area (Å²) in [6.45, 7) is 5.17. The number of pyridine rings is 1. The van der Waals surface area contributed by atoms with Crippen LogP contribution in [0, 0.1) is 6.92 Å². The zero-order valence-corrected chi connectivity index (χ0v) is 15.0. The van der Waals surface area contributed by atoms with E-state index < -0.39 is 0 Å². The lowest BCUT2D eigenvalue weighted by atomic mass is 10.2. The second-order valence-corrected chi connectivity index (χ2v) is 6.54. The normalized spacial score (nSPS) is 11.0. The van der Waals surface area contributed by atoms with E-state index in [4.69, 9.17) is 4.74 Å². The topological polar surface area (TPSA) is 62.8 Å². The molecule has 0 saturated carbocycles. The average Bonchev–Trinajstić information content (AvgIpc) is 3.01. The summed E-state index contributed by atoms with van der Waals surface area (Å²) in [5.41, 5.74) is 5.25. The molecule has 0 fully saturated rings. The Hall–Kier alpha value is -2.21. The quantitative estimate of drug-likeness (QED) is 0.624. The lowest BCUT2D eigenvalue weighted by Gasteiger charge is -2.08. The van der Waals surface area contributed by atoms with Gasteiger partial charge in [-0.15, -0.1) is 0 Å². The van der Waals surface area contributed by atoms with Crippen LogP contribution in [0.1, 0.15) is 24.6 Å². The number of nitrogens with zero attached hydrogens (tertiary/aromatic N) is 2. The molecule has 0 unspecified atom stereocenters. The van der Waals surface area contributed by atoms with Gasteiger partial charge in [-0.3, -0.25) is 4.98 Å². The predicted octanol–water partition coefficient (Wildman–Crippen LogP) is 4.39. The van der Waals surface area contributed by atoms with Crippen LogP contribution in [0.25, 0.3) is 11.0 Å². The molecule has 126 valence electrons. The fraction of sp³-hybridized carbons (Fsp3) is 0.333. The van der Waals surface area contributed by atoms with E-state index in [1.54, 1.807) is 25.1 Å². The molecule has 0 radical (unpaired) electrons. The van der Waals surface area contributed by atoms with Crippen molar-refractivity contribution in [2.24, 2.45) is 0 Å². The molecule has 2 N–H and O–H groups in total. The second-order valence-electron chi connectivity index (χ2n) is 5.57. The summed E-state index contributed by atoms with van der Waals surface area (Å²) in [7, 11) is 1.68. The van der Waals surface area contributed by atoms with Crippen LogP contribution in [0.15, 0.2) is 35.6 Å². The number of fused-ring (bicyclic) bond motifs is 1. The zero-order chi connectivity index (χ0) is 16.9. The van der Waals surface area contributed by atoms with Gasteiger partial charge in [-0.25, -0.2) is 4.98 Å². The van der Waals surface area contributed by atoms with Gasteiger partial charge >= 0.3 is 0 Å². The molecule has 5 nitrogen and oxygen atoms in total. The summed E-state index contributed by atoms with van der Waals surface area (Å²) < 4.78 is 5.35. The molecule has 0 aliphatic carbocycles. The van der Waals surface area contributed by atoms with Crippen LogP contribution >= 0.6 is 11.8 Å². The first-order chi connectivity index (χ1) is 11.7. The van der Waals surface area contributed by atoms with Gasteiger partial charge < -0.3 is 15.0 Å². The van der Waals surface area contributed by atoms with Crippen LogP contribution in [0.4, 0.5) is 5.69 Å². The molecule has 3 aromatic rings. The number of imidazole rings is 1. The van der Waals surface area contributed by atoms with Crippen molar-refractivity contribution in [1.82, 2.24) is 15.0 Å². The Balaban J connectivity index is 1.73. The SMILES string of the molecule is CCCNc1ccc2nc(SCc3nccc(OC)c3C)[nH]c2c1. The number of H-pyrrole nitrogens is 1. The van der Waals surface area contributed by atoms with Gasteiger partial charge in [0.1, 0.15) is 5.75 Å². The van der Waals surface area contributed by atoms with Crippen molar-refractivity contribution in [3.63, 3.8) is 0 Å². The number of hydrogen-bond donors (Lipinski definition) is 2. The molecular formula is C18H22N4OS. The Kier molecular flexibility index (Phi) is 5.25. The highest BCUT2D eigenvalue weighted by atomic mass is 32.2. The van der Waals surface area contributed by atoms with Gasteiger partial charge in [-0.1, -0.05) is 18.7 Å². The Labute approximate surface area is 146 Å². The highest BCUT2D eigenvalue weighted by Gasteiger charge is 2.09. The first kappa shape index (κ1) is 16.6. The van der Waals surface area contributed by atoms with Gasteiger partial charge in [-0.2, -0.15) is 0 Å². The van der Waals surface area contributed by atoms with Crippen molar-refractivity contribution in [2.45, 2.75) is 31.2 Å². The summed E-state index contributed by atoms with van der Waals surface area (Å²) in [5, 5.41) is 4.30. The molecule has 3 rings (SSSR count). The van der Waals surface area contributed by atoms with E-state index in [0.29, 0.717) is 0 Å². The van der Waals surface area contributed by atoms with Crippen molar-refractivity contribution in [2.75, 3.05) is 19.0 Å². The van der Waals surface area contributed by atoms with Crippen LogP contribution < -0.4 is 10.1 Å². The van der Waals surface area contributed by atoms with Gasteiger partial charge in [0.2, 0.25) is 0 Å². The van der Waals surface area contributed by atoms with E-state index in [0.717, 1.165) is 57.6 Å². The van der Waals surface area contributed by atoms with Gasteiger partial charge in [-0.05, 0) is 37.6 Å².